The van der Waals surface area contributed by atoms with Gasteiger partial charge in [0.2, 0.25) is 0 Å². The Morgan fingerprint density at radius 2 is 2.14 bits per heavy atom. The van der Waals surface area contributed by atoms with Crippen LogP contribution in [0.1, 0.15) is 38.2 Å². The lowest BCUT2D eigenvalue weighted by Crippen LogP contribution is -2.44. The second-order valence-corrected chi connectivity index (χ2v) is 5.84. The Labute approximate surface area is 126 Å². The van der Waals surface area contributed by atoms with Crippen LogP contribution in [0, 0.1) is 16.0 Å². The molecular formula is C16H25N3O2. The largest absolute Gasteiger partial charge is 0.330 e. The third-order valence-corrected chi connectivity index (χ3v) is 4.55. The van der Waals surface area contributed by atoms with E-state index < -0.39 is 0 Å². The van der Waals surface area contributed by atoms with Crippen molar-refractivity contribution in [3.63, 3.8) is 0 Å². The van der Waals surface area contributed by atoms with Crippen molar-refractivity contribution in [2.24, 2.45) is 11.7 Å². The van der Waals surface area contributed by atoms with Crippen LogP contribution in [0.2, 0.25) is 0 Å². The number of nitrogens with two attached hydrogens (primary N) is 1. The molecule has 1 saturated carbocycles. The second kappa shape index (κ2) is 7.52. The number of benzene rings is 1. The van der Waals surface area contributed by atoms with Gasteiger partial charge < -0.3 is 5.73 Å². The highest BCUT2D eigenvalue weighted by molar-refractivity contribution is 5.34. The van der Waals surface area contributed by atoms with Crippen molar-refractivity contribution in [3.05, 3.63) is 39.9 Å². The molecule has 1 fully saturated rings. The lowest BCUT2D eigenvalue weighted by atomic mass is 9.83. The van der Waals surface area contributed by atoms with Crippen molar-refractivity contribution in [2.45, 2.75) is 45.2 Å². The van der Waals surface area contributed by atoms with Gasteiger partial charge in [0, 0.05) is 24.7 Å². The normalized spacial score (nSPS) is 22.4. The van der Waals surface area contributed by atoms with Gasteiger partial charge in [-0.15, -0.1) is 0 Å². The number of non-ortho nitro benzene ring substituents is 1. The maximum absolute atomic E-state index is 10.9. The highest BCUT2D eigenvalue weighted by Gasteiger charge is 2.28. The topological polar surface area (TPSA) is 72.4 Å². The SMILES string of the molecule is CCN(Cc1cccc([N+](=O)[O-])c1)C1CCCCC1CN. The maximum atomic E-state index is 10.9. The van der Waals surface area contributed by atoms with E-state index in [-0.39, 0.29) is 10.6 Å². The first kappa shape index (κ1) is 15.9. The van der Waals surface area contributed by atoms with Crippen molar-refractivity contribution < 1.29 is 4.92 Å². The van der Waals surface area contributed by atoms with E-state index in [2.05, 4.69) is 11.8 Å². The quantitative estimate of drug-likeness (QED) is 0.646. The maximum Gasteiger partial charge on any atom is 0.269 e. The van der Waals surface area contributed by atoms with Gasteiger partial charge in [0.25, 0.3) is 5.69 Å². The monoisotopic (exact) mass is 291 g/mol. The smallest absolute Gasteiger partial charge is 0.269 e. The van der Waals surface area contributed by atoms with Gasteiger partial charge in [-0.05, 0) is 37.4 Å². The molecule has 5 nitrogen and oxygen atoms in total. The van der Waals surface area contributed by atoms with Crippen LogP contribution in [0.25, 0.3) is 0 Å². The van der Waals surface area contributed by atoms with Crippen LogP contribution in [0.3, 0.4) is 0 Å². The van der Waals surface area contributed by atoms with E-state index in [9.17, 15) is 10.1 Å². The van der Waals surface area contributed by atoms with E-state index >= 15 is 0 Å². The highest BCUT2D eigenvalue weighted by atomic mass is 16.6. The summed E-state index contributed by atoms with van der Waals surface area (Å²) in [5, 5.41) is 10.9. The molecule has 1 aliphatic rings. The van der Waals surface area contributed by atoms with Gasteiger partial charge in [-0.2, -0.15) is 0 Å². The summed E-state index contributed by atoms with van der Waals surface area (Å²) in [7, 11) is 0. The molecule has 0 aromatic heterocycles. The fraction of sp³-hybridized carbons (Fsp3) is 0.625. The van der Waals surface area contributed by atoms with Gasteiger partial charge in [0.1, 0.15) is 0 Å². The summed E-state index contributed by atoms with van der Waals surface area (Å²) < 4.78 is 0. The molecule has 2 rings (SSSR count). The minimum atomic E-state index is -0.330. The highest BCUT2D eigenvalue weighted by Crippen LogP contribution is 2.29. The number of nitro benzene ring substituents is 1. The average molecular weight is 291 g/mol. The molecular weight excluding hydrogens is 266 g/mol. The van der Waals surface area contributed by atoms with E-state index in [1.54, 1.807) is 18.2 Å². The molecule has 1 aromatic carbocycles. The minimum absolute atomic E-state index is 0.169. The predicted octanol–water partition coefficient (Wildman–Crippen LogP) is 2.93. The van der Waals surface area contributed by atoms with Crippen molar-refractivity contribution in [3.8, 4) is 0 Å². The van der Waals surface area contributed by atoms with E-state index in [4.69, 9.17) is 5.73 Å². The molecule has 21 heavy (non-hydrogen) atoms. The van der Waals surface area contributed by atoms with Crippen molar-refractivity contribution >= 4 is 5.69 Å². The fourth-order valence-electron chi connectivity index (χ4n) is 3.41. The second-order valence-electron chi connectivity index (χ2n) is 5.84. The number of nitro groups is 1. The zero-order chi connectivity index (χ0) is 15.2. The van der Waals surface area contributed by atoms with Crippen LogP contribution in [-0.4, -0.2) is 29.0 Å². The molecule has 0 saturated heterocycles. The molecule has 0 aliphatic heterocycles. The Morgan fingerprint density at radius 1 is 1.38 bits per heavy atom. The Hall–Kier alpha value is -1.46. The van der Waals surface area contributed by atoms with E-state index in [1.807, 2.05) is 6.07 Å². The zero-order valence-electron chi connectivity index (χ0n) is 12.7. The Balaban J connectivity index is 2.11. The molecule has 2 atom stereocenters. The van der Waals surface area contributed by atoms with Crippen molar-refractivity contribution in [1.82, 2.24) is 4.90 Å². The first-order valence-corrected chi connectivity index (χ1v) is 7.83. The zero-order valence-corrected chi connectivity index (χ0v) is 12.7. The molecule has 1 aromatic rings. The van der Waals surface area contributed by atoms with Crippen molar-refractivity contribution in [1.29, 1.82) is 0 Å². The van der Waals surface area contributed by atoms with Crippen LogP contribution in [0.15, 0.2) is 24.3 Å². The number of hydrogen-bond donors (Lipinski definition) is 1. The average Bonchev–Trinajstić information content (AvgIpc) is 2.52. The number of nitrogens with zero attached hydrogens (tertiary/aromatic N) is 2. The molecule has 0 amide bonds. The molecule has 0 bridgehead atoms. The summed E-state index contributed by atoms with van der Waals surface area (Å²) in [6, 6.07) is 7.47. The molecule has 0 heterocycles. The fourth-order valence-corrected chi connectivity index (χ4v) is 3.41. The Bertz CT molecular complexity index is 478. The summed E-state index contributed by atoms with van der Waals surface area (Å²) >= 11 is 0. The van der Waals surface area contributed by atoms with Gasteiger partial charge >= 0.3 is 0 Å². The van der Waals surface area contributed by atoms with Gasteiger partial charge in [0.15, 0.2) is 0 Å². The van der Waals surface area contributed by atoms with Gasteiger partial charge in [-0.3, -0.25) is 15.0 Å². The molecule has 2 unspecified atom stereocenters. The van der Waals surface area contributed by atoms with Crippen LogP contribution in [0.5, 0.6) is 0 Å². The first-order valence-electron chi connectivity index (χ1n) is 7.83. The number of hydrogen-bond acceptors (Lipinski definition) is 4. The summed E-state index contributed by atoms with van der Waals surface area (Å²) in [6.07, 6.45) is 4.91. The van der Waals surface area contributed by atoms with Crippen LogP contribution in [-0.2, 0) is 6.54 Å². The Morgan fingerprint density at radius 3 is 2.81 bits per heavy atom. The van der Waals surface area contributed by atoms with Gasteiger partial charge in [0.05, 0.1) is 4.92 Å². The lowest BCUT2D eigenvalue weighted by molar-refractivity contribution is -0.384. The summed E-state index contributed by atoms with van der Waals surface area (Å²) in [5.74, 6) is 0.553. The lowest BCUT2D eigenvalue weighted by Gasteiger charge is -2.39. The van der Waals surface area contributed by atoms with Crippen LogP contribution in [0.4, 0.5) is 5.69 Å². The third kappa shape index (κ3) is 4.02. The van der Waals surface area contributed by atoms with E-state index in [0.717, 1.165) is 25.2 Å². The molecule has 0 spiro atoms. The summed E-state index contributed by atoms with van der Waals surface area (Å²) in [6.45, 7) is 4.60. The molecule has 116 valence electrons. The van der Waals surface area contributed by atoms with Crippen LogP contribution < -0.4 is 5.73 Å². The molecule has 1 aliphatic carbocycles. The van der Waals surface area contributed by atoms with E-state index in [0.29, 0.717) is 12.0 Å². The summed E-state index contributed by atoms with van der Waals surface area (Å²) in [5.41, 5.74) is 7.10. The predicted molar refractivity (Wildman–Crippen MR) is 84.0 cm³/mol. The summed E-state index contributed by atoms with van der Waals surface area (Å²) in [4.78, 5) is 13.0. The van der Waals surface area contributed by atoms with Crippen molar-refractivity contribution in [2.75, 3.05) is 13.1 Å². The molecule has 0 radical (unpaired) electrons. The van der Waals surface area contributed by atoms with Gasteiger partial charge in [-0.1, -0.05) is 31.9 Å². The molecule has 2 N–H and O–H groups in total. The van der Waals surface area contributed by atoms with Gasteiger partial charge in [-0.25, -0.2) is 0 Å². The standard InChI is InChI=1S/C16H25N3O2/c1-2-18(16-9-4-3-7-14(16)11-17)12-13-6-5-8-15(10-13)19(20)21/h5-6,8,10,14,16H,2-4,7,9,11-12,17H2,1H3. The van der Waals surface area contributed by atoms with E-state index in [1.165, 1.54) is 25.7 Å². The third-order valence-electron chi connectivity index (χ3n) is 4.55. The number of rotatable bonds is 6. The first-order chi connectivity index (χ1) is 10.2. The Kier molecular flexibility index (Phi) is 5.70. The minimum Gasteiger partial charge on any atom is -0.330 e. The molecule has 5 heteroatoms. The van der Waals surface area contributed by atoms with Crippen LogP contribution >= 0.6 is 0 Å².